The predicted octanol–water partition coefficient (Wildman–Crippen LogP) is 2.83. The van der Waals surface area contributed by atoms with Crippen LogP contribution in [0.3, 0.4) is 0 Å². The Morgan fingerprint density at radius 1 is 1.25 bits per heavy atom. The fourth-order valence-electron chi connectivity index (χ4n) is 1.62. The Bertz CT molecular complexity index is 596. The number of ether oxygens (including phenoxy) is 1. The molecule has 1 N–H and O–H groups in total. The van der Waals surface area contributed by atoms with Crippen LogP contribution in [-0.2, 0) is 11.8 Å². The number of anilines is 1. The van der Waals surface area contributed by atoms with E-state index in [1.165, 1.54) is 0 Å². The lowest BCUT2D eigenvalue weighted by Crippen LogP contribution is -2.27. The van der Waals surface area contributed by atoms with Gasteiger partial charge in [0, 0.05) is 30.6 Å². The zero-order valence-corrected chi connectivity index (χ0v) is 12.0. The van der Waals surface area contributed by atoms with Crippen LogP contribution in [0.15, 0.2) is 30.7 Å². The summed E-state index contributed by atoms with van der Waals surface area (Å²) in [6.07, 6.45) is 4.83. The molecule has 0 aromatic carbocycles. The molecule has 1 amide bonds. The molecule has 2 aromatic rings. The molecule has 6 heteroatoms. The molecule has 0 saturated heterocycles. The van der Waals surface area contributed by atoms with Crippen LogP contribution in [0.4, 0.5) is 10.6 Å². The van der Waals surface area contributed by atoms with Gasteiger partial charge in [-0.2, -0.15) is 5.10 Å². The SMILES string of the molecule is Cn1cc(-c2ccc(NC(=O)OC(C)(C)C)nc2)cn1. The van der Waals surface area contributed by atoms with Gasteiger partial charge in [-0.15, -0.1) is 0 Å². The number of carbonyl (C=O) groups is 1. The van der Waals surface area contributed by atoms with Gasteiger partial charge in [0.1, 0.15) is 11.4 Å². The predicted molar refractivity (Wildman–Crippen MR) is 76.3 cm³/mol. The van der Waals surface area contributed by atoms with E-state index in [-0.39, 0.29) is 0 Å². The van der Waals surface area contributed by atoms with E-state index in [9.17, 15) is 4.79 Å². The molecule has 0 spiro atoms. The van der Waals surface area contributed by atoms with E-state index in [4.69, 9.17) is 4.74 Å². The van der Waals surface area contributed by atoms with Gasteiger partial charge in [-0.1, -0.05) is 0 Å². The largest absolute Gasteiger partial charge is 0.444 e. The zero-order chi connectivity index (χ0) is 14.8. The Labute approximate surface area is 117 Å². The zero-order valence-electron chi connectivity index (χ0n) is 12.0. The van der Waals surface area contributed by atoms with Crippen molar-refractivity contribution in [3.63, 3.8) is 0 Å². The van der Waals surface area contributed by atoms with Crippen molar-refractivity contribution in [2.24, 2.45) is 7.05 Å². The third kappa shape index (κ3) is 3.81. The maximum atomic E-state index is 11.6. The summed E-state index contributed by atoms with van der Waals surface area (Å²) in [5, 5.41) is 6.69. The Morgan fingerprint density at radius 2 is 2.00 bits per heavy atom. The minimum atomic E-state index is -0.528. The van der Waals surface area contributed by atoms with Gasteiger partial charge in [-0.05, 0) is 32.9 Å². The summed E-state index contributed by atoms with van der Waals surface area (Å²) >= 11 is 0. The molecule has 2 heterocycles. The van der Waals surface area contributed by atoms with Gasteiger partial charge in [-0.25, -0.2) is 9.78 Å². The molecule has 20 heavy (non-hydrogen) atoms. The molecule has 0 aliphatic heterocycles. The van der Waals surface area contributed by atoms with Gasteiger partial charge < -0.3 is 4.74 Å². The Kier molecular flexibility index (Phi) is 3.74. The number of nitrogens with zero attached hydrogens (tertiary/aromatic N) is 3. The molecular weight excluding hydrogens is 256 g/mol. The van der Waals surface area contributed by atoms with Crippen LogP contribution in [0.5, 0.6) is 0 Å². The maximum absolute atomic E-state index is 11.6. The van der Waals surface area contributed by atoms with Gasteiger partial charge in [0.2, 0.25) is 0 Å². The number of nitrogens with one attached hydrogen (secondary N) is 1. The summed E-state index contributed by atoms with van der Waals surface area (Å²) in [7, 11) is 1.86. The fraction of sp³-hybridized carbons (Fsp3) is 0.357. The number of hydrogen-bond acceptors (Lipinski definition) is 4. The molecule has 6 nitrogen and oxygen atoms in total. The van der Waals surface area contributed by atoms with Crippen LogP contribution in [0, 0.1) is 0 Å². The molecular formula is C14H18N4O2. The van der Waals surface area contributed by atoms with E-state index in [1.807, 2.05) is 40.1 Å². The van der Waals surface area contributed by atoms with Crippen molar-refractivity contribution >= 4 is 11.9 Å². The van der Waals surface area contributed by atoms with Crippen molar-refractivity contribution in [1.29, 1.82) is 0 Å². The number of hydrogen-bond donors (Lipinski definition) is 1. The molecule has 0 atom stereocenters. The molecule has 0 unspecified atom stereocenters. The van der Waals surface area contributed by atoms with E-state index in [1.54, 1.807) is 23.1 Å². The first-order chi connectivity index (χ1) is 9.33. The van der Waals surface area contributed by atoms with Crippen LogP contribution in [0.25, 0.3) is 11.1 Å². The summed E-state index contributed by atoms with van der Waals surface area (Å²) in [6.45, 7) is 5.43. The van der Waals surface area contributed by atoms with Crippen molar-refractivity contribution in [3.8, 4) is 11.1 Å². The number of aromatic nitrogens is 3. The van der Waals surface area contributed by atoms with Crippen molar-refractivity contribution in [2.45, 2.75) is 26.4 Å². The minimum Gasteiger partial charge on any atom is -0.444 e. The molecule has 0 fully saturated rings. The van der Waals surface area contributed by atoms with Crippen LogP contribution in [-0.4, -0.2) is 26.5 Å². The van der Waals surface area contributed by atoms with Crippen LogP contribution in [0.1, 0.15) is 20.8 Å². The molecule has 0 aliphatic rings. The van der Waals surface area contributed by atoms with Crippen molar-refractivity contribution in [2.75, 3.05) is 5.32 Å². The molecule has 2 rings (SSSR count). The molecule has 0 bridgehead atoms. The summed E-state index contributed by atoms with van der Waals surface area (Å²) in [4.78, 5) is 15.8. The van der Waals surface area contributed by atoms with Gasteiger partial charge in [0.15, 0.2) is 0 Å². The highest BCUT2D eigenvalue weighted by Gasteiger charge is 2.16. The average molecular weight is 274 g/mol. The Morgan fingerprint density at radius 3 is 2.50 bits per heavy atom. The van der Waals surface area contributed by atoms with Crippen LogP contribution in [0.2, 0.25) is 0 Å². The highest BCUT2D eigenvalue weighted by atomic mass is 16.6. The third-order valence-electron chi connectivity index (χ3n) is 2.43. The van der Waals surface area contributed by atoms with Gasteiger partial charge >= 0.3 is 6.09 Å². The number of pyridine rings is 1. The summed E-state index contributed by atoms with van der Waals surface area (Å²) in [5.41, 5.74) is 1.39. The molecule has 0 aliphatic carbocycles. The first kappa shape index (κ1) is 14.0. The van der Waals surface area contributed by atoms with Crippen LogP contribution < -0.4 is 5.32 Å². The lowest BCUT2D eigenvalue weighted by molar-refractivity contribution is 0.0635. The fourth-order valence-corrected chi connectivity index (χ4v) is 1.62. The number of rotatable bonds is 2. The standard InChI is InChI=1S/C14H18N4O2/c1-14(2,3)20-13(19)17-12-6-5-10(7-15-12)11-8-16-18(4)9-11/h5-9H,1-4H3,(H,15,17,19). The number of amides is 1. The molecule has 0 saturated carbocycles. The Balaban J connectivity index is 2.03. The van der Waals surface area contributed by atoms with Gasteiger partial charge in [0.05, 0.1) is 6.20 Å². The van der Waals surface area contributed by atoms with Gasteiger partial charge in [-0.3, -0.25) is 10.00 Å². The monoisotopic (exact) mass is 274 g/mol. The highest BCUT2D eigenvalue weighted by molar-refractivity contribution is 5.83. The summed E-state index contributed by atoms with van der Waals surface area (Å²) in [5.74, 6) is 0.451. The number of aryl methyl sites for hydroxylation is 1. The quantitative estimate of drug-likeness (QED) is 0.914. The van der Waals surface area contributed by atoms with E-state index in [2.05, 4.69) is 15.4 Å². The summed E-state index contributed by atoms with van der Waals surface area (Å²) in [6, 6.07) is 3.60. The second kappa shape index (κ2) is 5.32. The molecule has 106 valence electrons. The molecule has 0 radical (unpaired) electrons. The maximum Gasteiger partial charge on any atom is 0.413 e. The first-order valence-corrected chi connectivity index (χ1v) is 6.28. The van der Waals surface area contributed by atoms with Gasteiger partial charge in [0.25, 0.3) is 0 Å². The molecule has 2 aromatic heterocycles. The smallest absolute Gasteiger partial charge is 0.413 e. The van der Waals surface area contributed by atoms with E-state index >= 15 is 0 Å². The minimum absolute atomic E-state index is 0.451. The second-order valence-electron chi connectivity index (χ2n) is 5.46. The number of carbonyl (C=O) groups excluding carboxylic acids is 1. The van der Waals surface area contributed by atoms with Crippen molar-refractivity contribution in [1.82, 2.24) is 14.8 Å². The Hall–Kier alpha value is -2.37. The lowest BCUT2D eigenvalue weighted by Gasteiger charge is -2.19. The van der Waals surface area contributed by atoms with E-state index < -0.39 is 11.7 Å². The third-order valence-corrected chi connectivity index (χ3v) is 2.43. The average Bonchev–Trinajstić information content (AvgIpc) is 2.74. The topological polar surface area (TPSA) is 69.0 Å². The first-order valence-electron chi connectivity index (χ1n) is 6.28. The normalized spacial score (nSPS) is 11.2. The van der Waals surface area contributed by atoms with Crippen molar-refractivity contribution < 1.29 is 9.53 Å². The second-order valence-corrected chi connectivity index (χ2v) is 5.46. The highest BCUT2D eigenvalue weighted by Crippen LogP contribution is 2.18. The van der Waals surface area contributed by atoms with Crippen molar-refractivity contribution in [3.05, 3.63) is 30.7 Å². The summed E-state index contributed by atoms with van der Waals surface area (Å²) < 4.78 is 6.88. The van der Waals surface area contributed by atoms with E-state index in [0.29, 0.717) is 5.82 Å². The lowest BCUT2D eigenvalue weighted by atomic mass is 10.2. The van der Waals surface area contributed by atoms with E-state index in [0.717, 1.165) is 11.1 Å². The van der Waals surface area contributed by atoms with Crippen LogP contribution >= 0.6 is 0 Å².